The van der Waals surface area contributed by atoms with Gasteiger partial charge in [0.05, 0.1) is 5.60 Å². The van der Waals surface area contributed by atoms with Crippen molar-refractivity contribution in [2.75, 3.05) is 6.54 Å². The second-order valence-electron chi connectivity index (χ2n) is 4.42. The second-order valence-corrected chi connectivity index (χ2v) is 6.20. The molecule has 0 spiro atoms. The summed E-state index contributed by atoms with van der Waals surface area (Å²) < 4.78 is 0. The van der Waals surface area contributed by atoms with Gasteiger partial charge in [0.25, 0.3) is 0 Å². The first-order valence-electron chi connectivity index (χ1n) is 5.58. The molecule has 2 aromatic heterocycles. The summed E-state index contributed by atoms with van der Waals surface area (Å²) in [6.45, 7) is 5.36. The molecule has 0 amide bonds. The van der Waals surface area contributed by atoms with Gasteiger partial charge in [0.15, 0.2) is 0 Å². The Balaban J connectivity index is 1.88. The van der Waals surface area contributed by atoms with Crippen molar-refractivity contribution in [1.29, 1.82) is 0 Å². The highest BCUT2D eigenvalue weighted by Crippen LogP contribution is 2.22. The molecule has 0 fully saturated rings. The van der Waals surface area contributed by atoms with Crippen LogP contribution in [0.1, 0.15) is 22.9 Å². The van der Waals surface area contributed by atoms with Crippen LogP contribution in [0.5, 0.6) is 0 Å². The Bertz CT molecular complexity index is 459. The largest absolute Gasteiger partial charge is 0.384 e. The lowest BCUT2D eigenvalue weighted by atomic mass is 9.99. The van der Waals surface area contributed by atoms with Crippen LogP contribution in [0.25, 0.3) is 0 Å². The maximum absolute atomic E-state index is 10.3. The van der Waals surface area contributed by atoms with Gasteiger partial charge >= 0.3 is 0 Å². The zero-order chi connectivity index (χ0) is 12.3. The third kappa shape index (κ3) is 3.16. The van der Waals surface area contributed by atoms with E-state index in [0.717, 1.165) is 12.1 Å². The summed E-state index contributed by atoms with van der Waals surface area (Å²) in [7, 11) is 0. The van der Waals surface area contributed by atoms with Crippen molar-refractivity contribution in [3.8, 4) is 0 Å². The highest BCUT2D eigenvalue weighted by Gasteiger charge is 2.22. The van der Waals surface area contributed by atoms with E-state index < -0.39 is 5.60 Å². The normalized spacial score (nSPS) is 14.8. The first kappa shape index (κ1) is 12.8. The van der Waals surface area contributed by atoms with Crippen molar-refractivity contribution >= 4 is 22.7 Å². The van der Waals surface area contributed by atoms with Gasteiger partial charge in [-0.15, -0.1) is 11.3 Å². The molecule has 0 aliphatic carbocycles. The van der Waals surface area contributed by atoms with Crippen LogP contribution < -0.4 is 5.32 Å². The third-order valence-corrected chi connectivity index (χ3v) is 4.57. The monoisotopic (exact) mass is 267 g/mol. The Labute approximate surface area is 110 Å². The van der Waals surface area contributed by atoms with Gasteiger partial charge in [-0.05, 0) is 53.2 Å². The van der Waals surface area contributed by atoms with E-state index in [2.05, 4.69) is 23.7 Å². The van der Waals surface area contributed by atoms with Crippen molar-refractivity contribution in [3.05, 3.63) is 44.3 Å². The Morgan fingerprint density at radius 1 is 1.35 bits per heavy atom. The van der Waals surface area contributed by atoms with Gasteiger partial charge < -0.3 is 10.4 Å². The van der Waals surface area contributed by atoms with Gasteiger partial charge in [0, 0.05) is 18.0 Å². The molecule has 2 N–H and O–H groups in total. The predicted octanol–water partition coefficient (Wildman–Crippen LogP) is 3.12. The summed E-state index contributed by atoms with van der Waals surface area (Å²) in [4.78, 5) is 1.34. The van der Waals surface area contributed by atoms with Gasteiger partial charge in [-0.3, -0.25) is 0 Å². The quantitative estimate of drug-likeness (QED) is 0.872. The molecule has 0 radical (unpaired) electrons. The Hall–Kier alpha value is -0.680. The molecule has 0 aliphatic rings. The minimum absolute atomic E-state index is 0.571. The van der Waals surface area contributed by atoms with E-state index in [4.69, 9.17) is 0 Å². The van der Waals surface area contributed by atoms with Crippen LogP contribution in [-0.4, -0.2) is 11.7 Å². The average Bonchev–Trinajstić information content (AvgIpc) is 2.90. The molecule has 0 saturated carbocycles. The van der Waals surface area contributed by atoms with Gasteiger partial charge in [-0.2, -0.15) is 11.3 Å². The summed E-state index contributed by atoms with van der Waals surface area (Å²) in [5.41, 5.74) is 1.51. The number of aryl methyl sites for hydroxylation is 1. The average molecular weight is 267 g/mol. The van der Waals surface area contributed by atoms with E-state index in [-0.39, 0.29) is 0 Å². The lowest BCUT2D eigenvalue weighted by molar-refractivity contribution is 0.0572. The lowest BCUT2D eigenvalue weighted by Gasteiger charge is -2.22. The highest BCUT2D eigenvalue weighted by atomic mass is 32.1. The van der Waals surface area contributed by atoms with E-state index in [1.54, 1.807) is 22.7 Å². The van der Waals surface area contributed by atoms with E-state index in [9.17, 15) is 5.11 Å². The van der Waals surface area contributed by atoms with Crippen molar-refractivity contribution in [2.24, 2.45) is 0 Å². The molecule has 1 atom stereocenters. The summed E-state index contributed by atoms with van der Waals surface area (Å²) in [5.74, 6) is 0. The number of nitrogens with one attached hydrogen (secondary N) is 1. The number of hydrogen-bond acceptors (Lipinski definition) is 4. The van der Waals surface area contributed by atoms with Crippen LogP contribution >= 0.6 is 22.7 Å². The molecule has 2 nitrogen and oxygen atoms in total. The molecule has 0 aromatic carbocycles. The van der Waals surface area contributed by atoms with E-state index in [0.29, 0.717) is 6.54 Å². The molecule has 0 aliphatic heterocycles. The molecule has 0 bridgehead atoms. The molecule has 1 unspecified atom stereocenters. The van der Waals surface area contributed by atoms with Gasteiger partial charge in [-0.1, -0.05) is 0 Å². The standard InChI is InChI=1S/C13H17NOS2/c1-10-3-6-17-12(10)7-14-9-13(2,15)11-4-5-16-8-11/h3-6,8,14-15H,7,9H2,1-2H3. The Morgan fingerprint density at radius 2 is 2.18 bits per heavy atom. The number of thiophene rings is 2. The van der Waals surface area contributed by atoms with Crippen LogP contribution in [-0.2, 0) is 12.1 Å². The maximum atomic E-state index is 10.3. The van der Waals surface area contributed by atoms with E-state index in [1.807, 2.05) is 23.8 Å². The Morgan fingerprint density at radius 3 is 2.76 bits per heavy atom. The summed E-state index contributed by atoms with van der Waals surface area (Å²) in [6, 6.07) is 4.10. The first-order valence-corrected chi connectivity index (χ1v) is 7.40. The van der Waals surface area contributed by atoms with Crippen molar-refractivity contribution in [3.63, 3.8) is 0 Å². The molecule has 92 valence electrons. The molecule has 17 heavy (non-hydrogen) atoms. The number of rotatable bonds is 5. The molecule has 2 rings (SSSR count). The molecule has 2 heterocycles. The fourth-order valence-corrected chi connectivity index (χ4v) is 3.34. The molecular formula is C13H17NOS2. The van der Waals surface area contributed by atoms with Crippen LogP contribution in [0.4, 0.5) is 0 Å². The maximum Gasteiger partial charge on any atom is 0.1000 e. The summed E-state index contributed by atoms with van der Waals surface area (Å²) in [6.07, 6.45) is 0. The predicted molar refractivity (Wildman–Crippen MR) is 74.7 cm³/mol. The lowest BCUT2D eigenvalue weighted by Crippen LogP contribution is -2.34. The van der Waals surface area contributed by atoms with E-state index in [1.165, 1.54) is 10.4 Å². The van der Waals surface area contributed by atoms with Gasteiger partial charge in [-0.25, -0.2) is 0 Å². The van der Waals surface area contributed by atoms with Crippen LogP contribution in [0.15, 0.2) is 28.3 Å². The van der Waals surface area contributed by atoms with Crippen molar-refractivity contribution in [1.82, 2.24) is 5.32 Å². The zero-order valence-electron chi connectivity index (χ0n) is 10.1. The fraction of sp³-hybridized carbons (Fsp3) is 0.385. The smallest absolute Gasteiger partial charge is 0.1000 e. The summed E-state index contributed by atoms with van der Waals surface area (Å²) >= 11 is 3.37. The second kappa shape index (κ2) is 5.31. The van der Waals surface area contributed by atoms with Crippen LogP contribution in [0.2, 0.25) is 0 Å². The first-order chi connectivity index (χ1) is 8.09. The van der Waals surface area contributed by atoms with Gasteiger partial charge in [0.2, 0.25) is 0 Å². The van der Waals surface area contributed by atoms with Gasteiger partial charge in [0.1, 0.15) is 0 Å². The number of hydrogen-bond donors (Lipinski definition) is 2. The van der Waals surface area contributed by atoms with Crippen molar-refractivity contribution < 1.29 is 5.11 Å². The zero-order valence-corrected chi connectivity index (χ0v) is 11.7. The van der Waals surface area contributed by atoms with Crippen LogP contribution in [0.3, 0.4) is 0 Å². The number of aliphatic hydroxyl groups is 1. The molecule has 2 aromatic rings. The van der Waals surface area contributed by atoms with Crippen LogP contribution in [0, 0.1) is 6.92 Å². The SMILES string of the molecule is Cc1ccsc1CNCC(C)(O)c1ccsc1. The topological polar surface area (TPSA) is 32.3 Å². The molecule has 0 saturated heterocycles. The minimum atomic E-state index is -0.787. The fourth-order valence-electron chi connectivity index (χ4n) is 1.68. The minimum Gasteiger partial charge on any atom is -0.384 e. The third-order valence-electron chi connectivity index (χ3n) is 2.87. The Kier molecular flexibility index (Phi) is 3.99. The van der Waals surface area contributed by atoms with E-state index >= 15 is 0 Å². The molecular weight excluding hydrogens is 250 g/mol. The molecule has 4 heteroatoms. The highest BCUT2D eigenvalue weighted by molar-refractivity contribution is 7.10. The summed E-state index contributed by atoms with van der Waals surface area (Å²) in [5, 5.41) is 19.7. The van der Waals surface area contributed by atoms with Crippen molar-refractivity contribution in [2.45, 2.75) is 26.0 Å².